The van der Waals surface area contributed by atoms with E-state index in [1.54, 1.807) is 30.3 Å². The fraction of sp³-hybridized carbons (Fsp3) is 0.417. The van der Waals surface area contributed by atoms with Crippen molar-refractivity contribution in [3.05, 3.63) is 59.9 Å². The number of nitrogens with one attached hydrogen (secondary N) is 1. The van der Waals surface area contributed by atoms with Gasteiger partial charge in [0, 0.05) is 13.1 Å². The molecule has 2 rings (SSSR count). The smallest absolute Gasteiger partial charge is 0.261 e. The van der Waals surface area contributed by atoms with Gasteiger partial charge in [0.15, 0.2) is 18.1 Å². The van der Waals surface area contributed by atoms with E-state index in [1.165, 1.54) is 24.1 Å². The zero-order valence-electron chi connectivity index (χ0n) is 18.4. The first kappa shape index (κ1) is 24.2. The summed E-state index contributed by atoms with van der Waals surface area (Å²) in [7, 11) is 1.53. The third-order valence-electron chi connectivity index (χ3n) is 4.90. The number of unbranched alkanes of at least 4 members (excludes halogenated alkanes) is 1. The van der Waals surface area contributed by atoms with Gasteiger partial charge in [-0.1, -0.05) is 44.5 Å². The molecule has 2 aromatic carbocycles. The van der Waals surface area contributed by atoms with E-state index in [-0.39, 0.29) is 30.8 Å². The number of carbonyl (C=O) groups is 2. The molecule has 2 aromatic rings. The Labute approximate surface area is 183 Å². The number of halogens is 1. The molecule has 0 aromatic heterocycles. The molecular formula is C24H31FN2O4. The summed E-state index contributed by atoms with van der Waals surface area (Å²) in [6.45, 7) is 4.38. The molecule has 1 atom stereocenters. The molecule has 0 radical (unpaired) electrons. The van der Waals surface area contributed by atoms with Gasteiger partial charge in [0.25, 0.3) is 5.91 Å². The molecule has 168 valence electrons. The van der Waals surface area contributed by atoms with Crippen molar-refractivity contribution in [3.8, 4) is 11.5 Å². The minimum atomic E-state index is -0.657. The van der Waals surface area contributed by atoms with Crippen molar-refractivity contribution in [1.82, 2.24) is 10.2 Å². The van der Waals surface area contributed by atoms with Gasteiger partial charge in [0.2, 0.25) is 5.91 Å². The Morgan fingerprint density at radius 3 is 2.35 bits per heavy atom. The molecule has 0 aliphatic carbocycles. The largest absolute Gasteiger partial charge is 0.493 e. The quantitative estimate of drug-likeness (QED) is 0.518. The lowest BCUT2D eigenvalue weighted by atomic mass is 10.1. The van der Waals surface area contributed by atoms with Crippen molar-refractivity contribution in [2.24, 2.45) is 0 Å². The standard InChI is InChI=1S/C24H31FN2O4/c1-4-6-15-26-24(29)20(5-2)27(16-18-11-13-19(25)14-12-18)23(28)17-31-22-10-8-7-9-21(22)30-3/h7-14,20H,4-6,15-17H2,1-3H3,(H,26,29)/t20-/m0/s1. The van der Waals surface area contributed by atoms with E-state index in [0.717, 1.165) is 18.4 Å². The van der Waals surface area contributed by atoms with Crippen molar-refractivity contribution in [3.63, 3.8) is 0 Å². The van der Waals surface area contributed by atoms with Crippen LogP contribution in [0.3, 0.4) is 0 Å². The van der Waals surface area contributed by atoms with Crippen LogP contribution in [0.5, 0.6) is 11.5 Å². The number of methoxy groups -OCH3 is 1. The first-order valence-electron chi connectivity index (χ1n) is 10.6. The Balaban J connectivity index is 2.19. The van der Waals surface area contributed by atoms with Crippen LogP contribution in [0, 0.1) is 5.82 Å². The molecule has 0 aliphatic heterocycles. The van der Waals surface area contributed by atoms with Gasteiger partial charge in [-0.15, -0.1) is 0 Å². The molecule has 31 heavy (non-hydrogen) atoms. The van der Waals surface area contributed by atoms with Gasteiger partial charge < -0.3 is 19.7 Å². The van der Waals surface area contributed by atoms with E-state index in [0.29, 0.717) is 24.5 Å². The average Bonchev–Trinajstić information content (AvgIpc) is 2.79. The van der Waals surface area contributed by atoms with Crippen LogP contribution < -0.4 is 14.8 Å². The first-order valence-corrected chi connectivity index (χ1v) is 10.6. The van der Waals surface area contributed by atoms with Crippen molar-refractivity contribution >= 4 is 11.8 Å². The summed E-state index contributed by atoms with van der Waals surface area (Å²) in [5.41, 5.74) is 0.729. The summed E-state index contributed by atoms with van der Waals surface area (Å²) in [6, 6.07) is 12.3. The summed E-state index contributed by atoms with van der Waals surface area (Å²) in [6.07, 6.45) is 2.27. The molecule has 2 amide bonds. The van der Waals surface area contributed by atoms with Crippen LogP contribution in [-0.4, -0.2) is 43.0 Å². The highest BCUT2D eigenvalue weighted by atomic mass is 19.1. The number of hydrogen-bond acceptors (Lipinski definition) is 4. The second-order valence-electron chi connectivity index (χ2n) is 7.16. The minimum absolute atomic E-state index is 0.175. The van der Waals surface area contributed by atoms with Crippen molar-refractivity contribution in [2.75, 3.05) is 20.3 Å². The van der Waals surface area contributed by atoms with Crippen LogP contribution in [0.2, 0.25) is 0 Å². The monoisotopic (exact) mass is 430 g/mol. The summed E-state index contributed by atoms with van der Waals surface area (Å²) in [5, 5.41) is 2.90. The van der Waals surface area contributed by atoms with E-state index >= 15 is 0 Å². The fourth-order valence-corrected chi connectivity index (χ4v) is 3.17. The number of carbonyl (C=O) groups excluding carboxylic acids is 2. The minimum Gasteiger partial charge on any atom is -0.493 e. The van der Waals surface area contributed by atoms with Crippen molar-refractivity contribution in [1.29, 1.82) is 0 Å². The van der Waals surface area contributed by atoms with Crippen LogP contribution in [0.1, 0.15) is 38.7 Å². The SMILES string of the molecule is CCCCNC(=O)[C@H](CC)N(Cc1ccc(F)cc1)C(=O)COc1ccccc1OC. The molecular weight excluding hydrogens is 399 g/mol. The van der Waals surface area contributed by atoms with E-state index in [1.807, 2.05) is 19.9 Å². The lowest BCUT2D eigenvalue weighted by molar-refractivity contribution is -0.143. The van der Waals surface area contributed by atoms with Gasteiger partial charge in [0.05, 0.1) is 7.11 Å². The van der Waals surface area contributed by atoms with E-state index in [4.69, 9.17) is 9.47 Å². The Bertz CT molecular complexity index is 842. The van der Waals surface area contributed by atoms with E-state index in [2.05, 4.69) is 5.32 Å². The Kier molecular flexibility index (Phi) is 9.81. The molecule has 7 heteroatoms. The number of amides is 2. The molecule has 0 unspecified atom stereocenters. The molecule has 1 N–H and O–H groups in total. The summed E-state index contributed by atoms with van der Waals surface area (Å²) < 4.78 is 24.3. The summed E-state index contributed by atoms with van der Waals surface area (Å²) >= 11 is 0. The lowest BCUT2D eigenvalue weighted by Crippen LogP contribution is -2.50. The predicted molar refractivity (Wildman–Crippen MR) is 117 cm³/mol. The van der Waals surface area contributed by atoms with Gasteiger partial charge in [-0.05, 0) is 42.7 Å². The Morgan fingerprint density at radius 2 is 1.74 bits per heavy atom. The molecule has 0 fully saturated rings. The second kappa shape index (κ2) is 12.6. The van der Waals surface area contributed by atoms with Crippen LogP contribution in [-0.2, 0) is 16.1 Å². The lowest BCUT2D eigenvalue weighted by Gasteiger charge is -2.30. The number of benzene rings is 2. The maximum absolute atomic E-state index is 13.3. The summed E-state index contributed by atoms with van der Waals surface area (Å²) in [4.78, 5) is 27.4. The van der Waals surface area contributed by atoms with E-state index in [9.17, 15) is 14.0 Å². The Hall–Kier alpha value is -3.09. The molecule has 0 spiro atoms. The molecule has 0 heterocycles. The number of ether oxygens (including phenoxy) is 2. The average molecular weight is 431 g/mol. The van der Waals surface area contributed by atoms with Crippen LogP contribution >= 0.6 is 0 Å². The summed E-state index contributed by atoms with van der Waals surface area (Å²) in [5.74, 6) is 0.0622. The van der Waals surface area contributed by atoms with Crippen LogP contribution in [0.15, 0.2) is 48.5 Å². The van der Waals surface area contributed by atoms with Gasteiger partial charge in [-0.3, -0.25) is 9.59 Å². The van der Waals surface area contributed by atoms with Gasteiger partial charge in [-0.25, -0.2) is 4.39 Å². The number of nitrogens with zero attached hydrogens (tertiary/aromatic N) is 1. The van der Waals surface area contributed by atoms with Gasteiger partial charge >= 0.3 is 0 Å². The van der Waals surface area contributed by atoms with E-state index < -0.39 is 6.04 Å². The topological polar surface area (TPSA) is 67.9 Å². The highest BCUT2D eigenvalue weighted by molar-refractivity contribution is 5.88. The van der Waals surface area contributed by atoms with Gasteiger partial charge in [0.1, 0.15) is 11.9 Å². The molecule has 6 nitrogen and oxygen atoms in total. The number of hydrogen-bond donors (Lipinski definition) is 1. The molecule has 0 saturated heterocycles. The third-order valence-corrected chi connectivity index (χ3v) is 4.90. The molecule has 0 saturated carbocycles. The molecule has 0 bridgehead atoms. The van der Waals surface area contributed by atoms with Gasteiger partial charge in [-0.2, -0.15) is 0 Å². The highest BCUT2D eigenvalue weighted by Gasteiger charge is 2.29. The highest BCUT2D eigenvalue weighted by Crippen LogP contribution is 2.26. The fourth-order valence-electron chi connectivity index (χ4n) is 3.17. The second-order valence-corrected chi connectivity index (χ2v) is 7.16. The van der Waals surface area contributed by atoms with Crippen molar-refractivity contribution in [2.45, 2.75) is 45.7 Å². The first-order chi connectivity index (χ1) is 15.0. The normalized spacial score (nSPS) is 11.5. The Morgan fingerprint density at radius 1 is 1.06 bits per heavy atom. The van der Waals surface area contributed by atoms with Crippen LogP contribution in [0.4, 0.5) is 4.39 Å². The number of rotatable bonds is 12. The zero-order valence-corrected chi connectivity index (χ0v) is 18.4. The third kappa shape index (κ3) is 7.27. The maximum Gasteiger partial charge on any atom is 0.261 e. The van der Waals surface area contributed by atoms with Crippen molar-refractivity contribution < 1.29 is 23.5 Å². The maximum atomic E-state index is 13.3. The zero-order chi connectivity index (χ0) is 22.6. The number of para-hydroxylation sites is 2. The predicted octanol–water partition coefficient (Wildman–Crippen LogP) is 3.94. The molecule has 0 aliphatic rings. The van der Waals surface area contributed by atoms with Crippen LogP contribution in [0.25, 0.3) is 0 Å².